The Morgan fingerprint density at radius 2 is 2.06 bits per heavy atom. The monoisotopic (exact) mass is 230 g/mol. The highest BCUT2D eigenvalue weighted by Gasteiger charge is 2.23. The topological polar surface area (TPSA) is 15.3 Å². The zero-order chi connectivity index (χ0) is 11.7. The molecule has 0 aromatic heterocycles. The second-order valence-electron chi connectivity index (χ2n) is 5.45. The van der Waals surface area contributed by atoms with Crippen LogP contribution in [-0.2, 0) is 0 Å². The van der Waals surface area contributed by atoms with E-state index >= 15 is 0 Å². The molecule has 2 aliphatic rings. The van der Waals surface area contributed by atoms with Gasteiger partial charge >= 0.3 is 0 Å². The molecule has 2 fully saturated rings. The summed E-state index contributed by atoms with van der Waals surface area (Å²) in [7, 11) is 0. The van der Waals surface area contributed by atoms with Gasteiger partial charge in [0.05, 0.1) is 0 Å². The maximum absolute atomic E-state index is 3.49. The second-order valence-corrected chi connectivity index (χ2v) is 5.45. The van der Waals surface area contributed by atoms with Gasteiger partial charge in [0.25, 0.3) is 0 Å². The van der Waals surface area contributed by atoms with Crippen LogP contribution in [0.25, 0.3) is 0 Å². The van der Waals surface area contributed by atoms with Crippen molar-refractivity contribution in [1.82, 2.24) is 5.32 Å². The Kier molecular flexibility index (Phi) is 3.06. The van der Waals surface area contributed by atoms with Gasteiger partial charge in [-0.2, -0.15) is 0 Å². The van der Waals surface area contributed by atoms with Gasteiger partial charge in [0, 0.05) is 25.3 Å². The SMILES string of the molecule is Cc1ccc(N2CCCC2)c(C2CCNC2)c1. The van der Waals surface area contributed by atoms with Crippen molar-refractivity contribution in [1.29, 1.82) is 0 Å². The molecule has 2 saturated heterocycles. The Morgan fingerprint density at radius 1 is 1.24 bits per heavy atom. The van der Waals surface area contributed by atoms with Gasteiger partial charge in [0.15, 0.2) is 0 Å². The smallest absolute Gasteiger partial charge is 0.0402 e. The minimum Gasteiger partial charge on any atom is -0.371 e. The van der Waals surface area contributed by atoms with Crippen molar-refractivity contribution >= 4 is 5.69 Å². The Balaban J connectivity index is 1.94. The molecule has 2 heteroatoms. The summed E-state index contributed by atoms with van der Waals surface area (Å²) in [5.74, 6) is 0.727. The average Bonchev–Trinajstić information content (AvgIpc) is 3.02. The summed E-state index contributed by atoms with van der Waals surface area (Å²) in [5.41, 5.74) is 4.48. The third kappa shape index (κ3) is 2.19. The van der Waals surface area contributed by atoms with E-state index in [1.54, 1.807) is 5.56 Å². The van der Waals surface area contributed by atoms with Crippen molar-refractivity contribution in [2.45, 2.75) is 32.1 Å². The maximum atomic E-state index is 3.49. The molecule has 0 spiro atoms. The van der Waals surface area contributed by atoms with Crippen molar-refractivity contribution < 1.29 is 0 Å². The summed E-state index contributed by atoms with van der Waals surface area (Å²) in [4.78, 5) is 2.58. The predicted octanol–water partition coefficient (Wildman–Crippen LogP) is 2.67. The van der Waals surface area contributed by atoms with E-state index in [0.29, 0.717) is 0 Å². The molecule has 0 radical (unpaired) electrons. The number of hydrogen-bond donors (Lipinski definition) is 1. The number of nitrogens with zero attached hydrogens (tertiary/aromatic N) is 1. The van der Waals surface area contributed by atoms with Gasteiger partial charge < -0.3 is 10.2 Å². The molecular weight excluding hydrogens is 208 g/mol. The van der Waals surface area contributed by atoms with Crippen LogP contribution in [0.1, 0.15) is 36.3 Å². The summed E-state index contributed by atoms with van der Waals surface area (Å²) >= 11 is 0. The summed E-state index contributed by atoms with van der Waals surface area (Å²) in [6.07, 6.45) is 4.01. The molecule has 0 aliphatic carbocycles. The molecule has 2 aliphatic heterocycles. The lowest BCUT2D eigenvalue weighted by atomic mass is 9.94. The number of hydrogen-bond acceptors (Lipinski definition) is 2. The van der Waals surface area contributed by atoms with Crippen molar-refractivity contribution in [2.75, 3.05) is 31.1 Å². The van der Waals surface area contributed by atoms with Gasteiger partial charge in [-0.3, -0.25) is 0 Å². The number of aryl methyl sites for hydroxylation is 1. The van der Waals surface area contributed by atoms with Crippen LogP contribution in [0.5, 0.6) is 0 Å². The zero-order valence-corrected chi connectivity index (χ0v) is 10.7. The van der Waals surface area contributed by atoms with Crippen molar-refractivity contribution in [3.63, 3.8) is 0 Å². The molecule has 17 heavy (non-hydrogen) atoms. The van der Waals surface area contributed by atoms with Gasteiger partial charge in [-0.25, -0.2) is 0 Å². The van der Waals surface area contributed by atoms with E-state index in [-0.39, 0.29) is 0 Å². The predicted molar refractivity (Wildman–Crippen MR) is 72.9 cm³/mol. The highest BCUT2D eigenvalue weighted by atomic mass is 15.1. The van der Waals surface area contributed by atoms with E-state index in [4.69, 9.17) is 0 Å². The fourth-order valence-electron chi connectivity index (χ4n) is 3.17. The van der Waals surface area contributed by atoms with E-state index in [1.165, 1.54) is 50.1 Å². The first-order valence-corrected chi connectivity index (χ1v) is 6.91. The van der Waals surface area contributed by atoms with Crippen LogP contribution in [0.3, 0.4) is 0 Å². The Labute approximate surface area is 104 Å². The van der Waals surface area contributed by atoms with Crippen LogP contribution in [0.2, 0.25) is 0 Å². The Bertz CT molecular complexity index is 388. The Hall–Kier alpha value is -1.02. The first kappa shape index (κ1) is 11.1. The van der Waals surface area contributed by atoms with Gasteiger partial charge in [-0.15, -0.1) is 0 Å². The van der Waals surface area contributed by atoms with Crippen LogP contribution >= 0.6 is 0 Å². The molecule has 0 saturated carbocycles. The van der Waals surface area contributed by atoms with Gasteiger partial charge in [-0.1, -0.05) is 17.7 Å². The lowest BCUT2D eigenvalue weighted by molar-refractivity contribution is 0.755. The zero-order valence-electron chi connectivity index (χ0n) is 10.7. The van der Waals surface area contributed by atoms with Gasteiger partial charge in [0.1, 0.15) is 0 Å². The molecule has 2 nitrogen and oxygen atoms in total. The standard InChI is InChI=1S/C15H22N2/c1-12-4-5-15(17-8-2-3-9-17)14(10-12)13-6-7-16-11-13/h4-5,10,13,16H,2-3,6-9,11H2,1H3. The van der Waals surface area contributed by atoms with E-state index < -0.39 is 0 Å². The van der Waals surface area contributed by atoms with Crippen LogP contribution in [-0.4, -0.2) is 26.2 Å². The third-order valence-corrected chi connectivity index (χ3v) is 4.13. The van der Waals surface area contributed by atoms with E-state index in [0.717, 1.165) is 12.5 Å². The average molecular weight is 230 g/mol. The quantitative estimate of drug-likeness (QED) is 0.840. The van der Waals surface area contributed by atoms with Crippen LogP contribution in [0, 0.1) is 6.92 Å². The number of rotatable bonds is 2. The van der Waals surface area contributed by atoms with Gasteiger partial charge in [0.2, 0.25) is 0 Å². The first-order valence-electron chi connectivity index (χ1n) is 6.91. The highest BCUT2D eigenvalue weighted by Crippen LogP contribution is 2.33. The minimum atomic E-state index is 0.727. The van der Waals surface area contributed by atoms with Crippen LogP contribution in [0.4, 0.5) is 5.69 Å². The van der Waals surface area contributed by atoms with E-state index in [9.17, 15) is 0 Å². The molecule has 1 aromatic rings. The summed E-state index contributed by atoms with van der Waals surface area (Å²) in [5, 5.41) is 3.49. The lowest BCUT2D eigenvalue weighted by Crippen LogP contribution is -2.20. The first-order chi connectivity index (χ1) is 8.34. The molecular formula is C15H22N2. The third-order valence-electron chi connectivity index (χ3n) is 4.13. The molecule has 0 bridgehead atoms. The number of nitrogens with one attached hydrogen (secondary N) is 1. The molecule has 2 heterocycles. The maximum Gasteiger partial charge on any atom is 0.0402 e. The molecule has 0 amide bonds. The molecule has 92 valence electrons. The number of benzene rings is 1. The van der Waals surface area contributed by atoms with E-state index in [1.807, 2.05) is 0 Å². The van der Waals surface area contributed by atoms with Crippen LogP contribution in [0.15, 0.2) is 18.2 Å². The largest absolute Gasteiger partial charge is 0.371 e. The minimum absolute atomic E-state index is 0.727. The Morgan fingerprint density at radius 3 is 2.76 bits per heavy atom. The molecule has 3 rings (SSSR count). The molecule has 1 aromatic carbocycles. The van der Waals surface area contributed by atoms with Crippen molar-refractivity contribution in [2.24, 2.45) is 0 Å². The fourth-order valence-corrected chi connectivity index (χ4v) is 3.17. The second kappa shape index (κ2) is 4.69. The fraction of sp³-hybridized carbons (Fsp3) is 0.600. The van der Waals surface area contributed by atoms with Crippen molar-refractivity contribution in [3.05, 3.63) is 29.3 Å². The number of anilines is 1. The molecule has 1 unspecified atom stereocenters. The lowest BCUT2D eigenvalue weighted by Gasteiger charge is -2.24. The van der Waals surface area contributed by atoms with Gasteiger partial charge in [-0.05, 0) is 50.3 Å². The summed E-state index contributed by atoms with van der Waals surface area (Å²) < 4.78 is 0. The van der Waals surface area contributed by atoms with E-state index in [2.05, 4.69) is 35.3 Å². The highest BCUT2D eigenvalue weighted by molar-refractivity contribution is 5.57. The summed E-state index contributed by atoms with van der Waals surface area (Å²) in [6.45, 7) is 7.04. The normalized spacial score (nSPS) is 24.5. The molecule has 1 atom stereocenters. The van der Waals surface area contributed by atoms with Crippen molar-refractivity contribution in [3.8, 4) is 0 Å². The summed E-state index contributed by atoms with van der Waals surface area (Å²) in [6, 6.07) is 7.01. The molecule has 1 N–H and O–H groups in total. The van der Waals surface area contributed by atoms with Crippen LogP contribution < -0.4 is 10.2 Å².